The number of nitrogens with zero attached hydrogens (tertiary/aromatic N) is 3. The second-order valence-corrected chi connectivity index (χ2v) is 7.65. The van der Waals surface area contributed by atoms with Crippen LogP contribution < -0.4 is 5.56 Å². The minimum Gasteiger partial charge on any atom is -0.345 e. The number of benzene rings is 1. The Morgan fingerprint density at radius 3 is 2.96 bits per heavy atom. The molecule has 1 aliphatic carbocycles. The Hall–Kier alpha value is -1.79. The normalized spacial score (nSPS) is 13.8. The van der Waals surface area contributed by atoms with Gasteiger partial charge in [-0.2, -0.15) is 0 Å². The van der Waals surface area contributed by atoms with Gasteiger partial charge in [0.25, 0.3) is 5.56 Å². The van der Waals surface area contributed by atoms with E-state index >= 15 is 0 Å². The molecule has 25 heavy (non-hydrogen) atoms. The molecule has 3 rings (SSSR count). The monoisotopic (exact) mass is 377 g/mol. The molecule has 1 saturated carbocycles. The molecule has 0 bridgehead atoms. The molecule has 132 valence electrons. The molecule has 1 aromatic carbocycles. The Kier molecular flexibility index (Phi) is 5.49. The van der Waals surface area contributed by atoms with E-state index in [0.29, 0.717) is 33.5 Å². The summed E-state index contributed by atoms with van der Waals surface area (Å²) in [6, 6.07) is 5.02. The van der Waals surface area contributed by atoms with Gasteiger partial charge in [0.1, 0.15) is 0 Å². The van der Waals surface area contributed by atoms with Gasteiger partial charge in [0.2, 0.25) is 5.91 Å². The van der Waals surface area contributed by atoms with Crippen LogP contribution in [0.5, 0.6) is 0 Å². The number of aromatic nitrogens is 2. The van der Waals surface area contributed by atoms with E-state index in [0.717, 1.165) is 6.54 Å². The summed E-state index contributed by atoms with van der Waals surface area (Å²) in [5.74, 6) is 0.945. The highest BCUT2D eigenvalue weighted by Gasteiger charge is 2.25. The largest absolute Gasteiger partial charge is 0.345 e. The van der Waals surface area contributed by atoms with Crippen LogP contribution in [0, 0.1) is 5.92 Å². The lowest BCUT2D eigenvalue weighted by Gasteiger charge is -2.17. The van der Waals surface area contributed by atoms with Crippen molar-refractivity contribution in [2.45, 2.75) is 24.5 Å². The standard InChI is InChI=1S/C18H20ClN3O2S/c1-3-8-22-17(24)14-7-6-13(19)9-15(14)20-18(22)25-11-16(23)21(2)10-12-4-5-12/h3,6-7,9,12H,1,4-5,8,10-11H2,2H3. The summed E-state index contributed by atoms with van der Waals surface area (Å²) >= 11 is 7.29. The third kappa shape index (κ3) is 4.25. The summed E-state index contributed by atoms with van der Waals surface area (Å²) in [6.45, 7) is 4.85. The number of thioether (sulfide) groups is 1. The Balaban J connectivity index is 1.85. The van der Waals surface area contributed by atoms with Gasteiger partial charge in [-0.3, -0.25) is 14.2 Å². The van der Waals surface area contributed by atoms with Crippen LogP contribution in [0.1, 0.15) is 12.8 Å². The first-order valence-corrected chi connectivity index (χ1v) is 9.53. The molecule has 1 aliphatic rings. The number of carbonyl (C=O) groups excluding carboxylic acids is 1. The quantitative estimate of drug-likeness (QED) is 0.422. The average molecular weight is 378 g/mol. The molecule has 1 aromatic heterocycles. The molecule has 0 aliphatic heterocycles. The highest BCUT2D eigenvalue weighted by Crippen LogP contribution is 2.29. The summed E-state index contributed by atoms with van der Waals surface area (Å²) in [5.41, 5.74) is 0.391. The van der Waals surface area contributed by atoms with Crippen LogP contribution in [0.15, 0.2) is 40.8 Å². The molecule has 0 spiro atoms. The van der Waals surface area contributed by atoms with Crippen molar-refractivity contribution >= 4 is 40.2 Å². The van der Waals surface area contributed by atoms with Crippen LogP contribution in [0.2, 0.25) is 5.02 Å². The lowest BCUT2D eigenvalue weighted by Crippen LogP contribution is -2.30. The molecule has 1 fully saturated rings. The van der Waals surface area contributed by atoms with Crippen molar-refractivity contribution < 1.29 is 4.79 Å². The first-order chi connectivity index (χ1) is 12.0. The van der Waals surface area contributed by atoms with Gasteiger partial charge in [0.05, 0.1) is 16.7 Å². The molecule has 0 saturated heterocycles. The number of fused-ring (bicyclic) bond motifs is 1. The molecule has 5 nitrogen and oxygen atoms in total. The van der Waals surface area contributed by atoms with Gasteiger partial charge in [-0.1, -0.05) is 29.4 Å². The van der Waals surface area contributed by atoms with Crippen molar-refractivity contribution in [2.75, 3.05) is 19.3 Å². The van der Waals surface area contributed by atoms with E-state index < -0.39 is 0 Å². The molecular formula is C18H20ClN3O2S. The van der Waals surface area contributed by atoms with Crippen molar-refractivity contribution in [3.63, 3.8) is 0 Å². The fourth-order valence-electron chi connectivity index (χ4n) is 2.60. The maximum atomic E-state index is 12.7. The highest BCUT2D eigenvalue weighted by atomic mass is 35.5. The first-order valence-electron chi connectivity index (χ1n) is 8.17. The average Bonchev–Trinajstić information content (AvgIpc) is 3.39. The zero-order valence-electron chi connectivity index (χ0n) is 14.1. The lowest BCUT2D eigenvalue weighted by molar-refractivity contribution is -0.127. The number of rotatable bonds is 7. The second kappa shape index (κ2) is 7.62. The highest BCUT2D eigenvalue weighted by molar-refractivity contribution is 7.99. The van der Waals surface area contributed by atoms with Gasteiger partial charge >= 0.3 is 0 Å². The van der Waals surface area contributed by atoms with Crippen molar-refractivity contribution in [3.05, 3.63) is 46.2 Å². The number of hydrogen-bond acceptors (Lipinski definition) is 4. The third-order valence-corrected chi connectivity index (χ3v) is 5.37. The molecule has 1 heterocycles. The van der Waals surface area contributed by atoms with E-state index in [4.69, 9.17) is 11.6 Å². The van der Waals surface area contributed by atoms with Gasteiger partial charge < -0.3 is 4.90 Å². The third-order valence-electron chi connectivity index (χ3n) is 4.17. The maximum Gasteiger partial charge on any atom is 0.262 e. The van der Waals surface area contributed by atoms with E-state index in [1.807, 2.05) is 7.05 Å². The van der Waals surface area contributed by atoms with E-state index in [-0.39, 0.29) is 17.2 Å². The van der Waals surface area contributed by atoms with Crippen LogP contribution >= 0.6 is 23.4 Å². The predicted molar refractivity (Wildman–Crippen MR) is 102 cm³/mol. The van der Waals surface area contributed by atoms with Crippen LogP contribution in [0.25, 0.3) is 10.9 Å². The summed E-state index contributed by atoms with van der Waals surface area (Å²) in [7, 11) is 1.83. The topological polar surface area (TPSA) is 55.2 Å². The minimum atomic E-state index is -0.150. The van der Waals surface area contributed by atoms with Crippen molar-refractivity contribution in [1.82, 2.24) is 14.5 Å². The zero-order chi connectivity index (χ0) is 18.0. The van der Waals surface area contributed by atoms with Gasteiger partial charge in [0, 0.05) is 25.2 Å². The van der Waals surface area contributed by atoms with Crippen LogP contribution in [-0.4, -0.2) is 39.7 Å². The lowest BCUT2D eigenvalue weighted by atomic mass is 10.2. The second-order valence-electron chi connectivity index (χ2n) is 6.27. The first kappa shape index (κ1) is 18.0. The van der Waals surface area contributed by atoms with E-state index in [1.54, 1.807) is 33.7 Å². The molecular weight excluding hydrogens is 358 g/mol. The number of halogens is 1. The van der Waals surface area contributed by atoms with Crippen molar-refractivity contribution in [3.8, 4) is 0 Å². The Bertz CT molecular complexity index is 876. The Morgan fingerprint density at radius 2 is 2.28 bits per heavy atom. The van der Waals surface area contributed by atoms with Gasteiger partial charge in [-0.25, -0.2) is 4.98 Å². The molecule has 2 aromatic rings. The van der Waals surface area contributed by atoms with Crippen LogP contribution in [0.4, 0.5) is 0 Å². The van der Waals surface area contributed by atoms with E-state index in [2.05, 4.69) is 11.6 Å². The molecule has 0 unspecified atom stereocenters. The fraction of sp³-hybridized carbons (Fsp3) is 0.389. The number of hydrogen-bond donors (Lipinski definition) is 0. The number of amides is 1. The summed E-state index contributed by atoms with van der Waals surface area (Å²) in [5, 5.41) is 1.54. The predicted octanol–water partition coefficient (Wildman–Crippen LogP) is 3.20. The molecule has 7 heteroatoms. The Morgan fingerprint density at radius 1 is 1.52 bits per heavy atom. The van der Waals surface area contributed by atoms with Crippen LogP contribution in [0.3, 0.4) is 0 Å². The summed E-state index contributed by atoms with van der Waals surface area (Å²) in [4.78, 5) is 31.3. The van der Waals surface area contributed by atoms with Crippen molar-refractivity contribution in [1.29, 1.82) is 0 Å². The number of carbonyl (C=O) groups is 1. The minimum absolute atomic E-state index is 0.0440. The summed E-state index contributed by atoms with van der Waals surface area (Å²) < 4.78 is 1.54. The number of allylic oxidation sites excluding steroid dienone is 1. The SMILES string of the molecule is C=CCn1c(SCC(=O)N(C)CC2CC2)nc2cc(Cl)ccc2c1=O. The van der Waals surface area contributed by atoms with E-state index in [1.165, 1.54) is 24.6 Å². The molecule has 0 atom stereocenters. The molecule has 0 radical (unpaired) electrons. The van der Waals surface area contributed by atoms with Crippen molar-refractivity contribution in [2.24, 2.45) is 5.92 Å². The smallest absolute Gasteiger partial charge is 0.262 e. The zero-order valence-corrected chi connectivity index (χ0v) is 15.6. The molecule has 1 amide bonds. The fourth-order valence-corrected chi connectivity index (χ4v) is 3.72. The summed E-state index contributed by atoms with van der Waals surface area (Å²) in [6.07, 6.45) is 4.06. The van der Waals surface area contributed by atoms with E-state index in [9.17, 15) is 9.59 Å². The van der Waals surface area contributed by atoms with Crippen LogP contribution in [-0.2, 0) is 11.3 Å². The Labute approximate surface area is 155 Å². The van der Waals surface area contributed by atoms with Gasteiger partial charge in [-0.05, 0) is 37.0 Å². The molecule has 0 N–H and O–H groups in total. The van der Waals surface area contributed by atoms with Gasteiger partial charge in [0.15, 0.2) is 5.16 Å². The van der Waals surface area contributed by atoms with Gasteiger partial charge in [-0.15, -0.1) is 6.58 Å². The maximum absolute atomic E-state index is 12.7.